The van der Waals surface area contributed by atoms with Crippen molar-refractivity contribution in [3.63, 3.8) is 0 Å². The van der Waals surface area contributed by atoms with Crippen molar-refractivity contribution in [1.29, 1.82) is 0 Å². The van der Waals surface area contributed by atoms with E-state index in [-0.39, 0.29) is 6.10 Å². The van der Waals surface area contributed by atoms with Gasteiger partial charge in [0.1, 0.15) is 0 Å². The lowest BCUT2D eigenvalue weighted by molar-refractivity contribution is 0.125. The van der Waals surface area contributed by atoms with Crippen LogP contribution in [0.4, 0.5) is 0 Å². The van der Waals surface area contributed by atoms with Crippen molar-refractivity contribution in [2.45, 2.75) is 44.6 Å². The molecule has 0 saturated heterocycles. The maximum Gasteiger partial charge on any atom is 0.161 e. The summed E-state index contributed by atoms with van der Waals surface area (Å²) in [6.45, 7) is 1.40. The van der Waals surface area contributed by atoms with Crippen molar-refractivity contribution in [3.05, 3.63) is 23.8 Å². The Labute approximate surface area is 126 Å². The fraction of sp³-hybridized carbons (Fsp3) is 0.667. The summed E-state index contributed by atoms with van der Waals surface area (Å²) >= 11 is 0. The van der Waals surface area contributed by atoms with E-state index >= 15 is 0 Å². The Kier molecular flexibility index (Phi) is 3.54. The molecule has 1 aromatic rings. The van der Waals surface area contributed by atoms with Gasteiger partial charge in [-0.3, -0.25) is 0 Å². The van der Waals surface area contributed by atoms with E-state index < -0.39 is 0 Å². The summed E-state index contributed by atoms with van der Waals surface area (Å²) in [6, 6.07) is 5.91. The first-order valence-electron chi connectivity index (χ1n) is 8.37. The molecule has 4 rings (SSSR count). The van der Waals surface area contributed by atoms with Crippen LogP contribution in [-0.2, 0) is 0 Å². The Balaban J connectivity index is 1.46. The van der Waals surface area contributed by atoms with Crippen molar-refractivity contribution >= 4 is 0 Å². The number of benzene rings is 1. The largest absolute Gasteiger partial charge is 0.490 e. The minimum atomic E-state index is -0.369. The smallest absolute Gasteiger partial charge is 0.161 e. The molecule has 0 radical (unpaired) electrons. The van der Waals surface area contributed by atoms with Gasteiger partial charge in [0, 0.05) is 6.42 Å². The standard InChI is InChI=1S/C18H24O3/c19-16(10-15-9-12-2-3-13(15)8-12)14-4-5-17-18(11-14)21-7-1-6-20-17/h4-5,11-13,15-16,19H,1-3,6-10H2. The minimum Gasteiger partial charge on any atom is -0.490 e. The molecule has 2 aliphatic carbocycles. The summed E-state index contributed by atoms with van der Waals surface area (Å²) < 4.78 is 11.4. The number of rotatable bonds is 3. The predicted octanol–water partition coefficient (Wildman–Crippen LogP) is 3.71. The van der Waals surface area contributed by atoms with Crippen molar-refractivity contribution in [3.8, 4) is 11.5 Å². The number of fused-ring (bicyclic) bond motifs is 3. The van der Waals surface area contributed by atoms with Crippen LogP contribution in [0, 0.1) is 17.8 Å². The van der Waals surface area contributed by atoms with E-state index in [1.165, 1.54) is 25.7 Å². The van der Waals surface area contributed by atoms with Gasteiger partial charge >= 0.3 is 0 Å². The first-order valence-corrected chi connectivity index (χ1v) is 8.37. The van der Waals surface area contributed by atoms with E-state index in [2.05, 4.69) is 0 Å². The molecule has 2 saturated carbocycles. The van der Waals surface area contributed by atoms with Gasteiger partial charge in [0.15, 0.2) is 11.5 Å². The molecule has 4 unspecified atom stereocenters. The van der Waals surface area contributed by atoms with Gasteiger partial charge in [0.25, 0.3) is 0 Å². The highest BCUT2D eigenvalue weighted by molar-refractivity contribution is 5.44. The van der Waals surface area contributed by atoms with Crippen molar-refractivity contribution < 1.29 is 14.6 Å². The van der Waals surface area contributed by atoms with Crippen LogP contribution >= 0.6 is 0 Å². The molecule has 0 spiro atoms. The van der Waals surface area contributed by atoms with Gasteiger partial charge < -0.3 is 14.6 Å². The van der Waals surface area contributed by atoms with Crippen LogP contribution in [0.15, 0.2) is 18.2 Å². The van der Waals surface area contributed by atoms with Crippen LogP contribution in [-0.4, -0.2) is 18.3 Å². The second-order valence-electron chi connectivity index (χ2n) is 6.94. The Morgan fingerprint density at radius 2 is 1.95 bits per heavy atom. The molecule has 3 aliphatic rings. The zero-order valence-corrected chi connectivity index (χ0v) is 12.5. The lowest BCUT2D eigenvalue weighted by atomic mass is 9.83. The van der Waals surface area contributed by atoms with Crippen molar-refractivity contribution in [2.75, 3.05) is 13.2 Å². The molecule has 21 heavy (non-hydrogen) atoms. The van der Waals surface area contributed by atoms with E-state index in [0.29, 0.717) is 13.2 Å². The fourth-order valence-corrected chi connectivity index (χ4v) is 4.48. The van der Waals surface area contributed by atoms with E-state index in [4.69, 9.17) is 9.47 Å². The summed E-state index contributed by atoms with van der Waals surface area (Å²) in [5, 5.41) is 10.6. The molecule has 3 nitrogen and oxygen atoms in total. The molecule has 0 aromatic heterocycles. The molecule has 1 heterocycles. The number of aliphatic hydroxyl groups excluding tert-OH is 1. The summed E-state index contributed by atoms with van der Waals surface area (Å²) in [4.78, 5) is 0. The van der Waals surface area contributed by atoms with Crippen LogP contribution in [0.2, 0.25) is 0 Å². The van der Waals surface area contributed by atoms with Gasteiger partial charge in [-0.2, -0.15) is 0 Å². The number of hydrogen-bond donors (Lipinski definition) is 1. The fourth-order valence-electron chi connectivity index (χ4n) is 4.48. The topological polar surface area (TPSA) is 38.7 Å². The lowest BCUT2D eigenvalue weighted by Gasteiger charge is -2.24. The Bertz CT molecular complexity index is 513. The quantitative estimate of drug-likeness (QED) is 0.921. The maximum absolute atomic E-state index is 10.6. The zero-order valence-electron chi connectivity index (χ0n) is 12.5. The predicted molar refractivity (Wildman–Crippen MR) is 80.6 cm³/mol. The minimum absolute atomic E-state index is 0.369. The monoisotopic (exact) mass is 288 g/mol. The molecule has 0 amide bonds. The first kappa shape index (κ1) is 13.4. The summed E-state index contributed by atoms with van der Waals surface area (Å²) in [5.74, 6) is 4.12. The number of aliphatic hydroxyl groups is 1. The van der Waals surface area contributed by atoms with E-state index in [1.54, 1.807) is 0 Å². The van der Waals surface area contributed by atoms with Gasteiger partial charge in [-0.15, -0.1) is 0 Å². The van der Waals surface area contributed by atoms with Crippen LogP contribution in [0.3, 0.4) is 0 Å². The SMILES string of the molecule is OC(CC1CC2CCC1C2)c1ccc2c(c1)OCCCO2. The molecule has 1 aromatic carbocycles. The molecule has 3 heteroatoms. The molecule has 114 valence electrons. The van der Waals surface area contributed by atoms with Crippen LogP contribution in [0.5, 0.6) is 11.5 Å². The van der Waals surface area contributed by atoms with Gasteiger partial charge in [-0.1, -0.05) is 12.5 Å². The summed E-state index contributed by atoms with van der Waals surface area (Å²) in [5.41, 5.74) is 0.974. The highest BCUT2D eigenvalue weighted by Crippen LogP contribution is 2.51. The third-order valence-electron chi connectivity index (χ3n) is 5.57. The molecular formula is C18H24O3. The average Bonchev–Trinajstić information content (AvgIpc) is 3.02. The number of hydrogen-bond acceptors (Lipinski definition) is 3. The highest BCUT2D eigenvalue weighted by Gasteiger charge is 2.40. The maximum atomic E-state index is 10.6. The van der Waals surface area contributed by atoms with Gasteiger partial charge in [0.2, 0.25) is 0 Å². The molecule has 4 atom stereocenters. The normalized spacial score (nSPS) is 32.0. The molecule has 2 fully saturated rings. The molecular weight excluding hydrogens is 264 g/mol. The van der Waals surface area contributed by atoms with E-state index in [0.717, 1.165) is 47.7 Å². The second-order valence-corrected chi connectivity index (χ2v) is 6.94. The first-order chi connectivity index (χ1) is 10.3. The molecule has 2 bridgehead atoms. The summed E-state index contributed by atoms with van der Waals surface area (Å²) in [7, 11) is 0. The lowest BCUT2D eigenvalue weighted by Crippen LogP contribution is -2.14. The van der Waals surface area contributed by atoms with Crippen LogP contribution in [0.1, 0.15) is 50.2 Å². The van der Waals surface area contributed by atoms with Gasteiger partial charge in [-0.05, 0) is 61.1 Å². The van der Waals surface area contributed by atoms with E-state index in [9.17, 15) is 5.11 Å². The number of ether oxygens (including phenoxy) is 2. The van der Waals surface area contributed by atoms with Crippen LogP contribution in [0.25, 0.3) is 0 Å². The van der Waals surface area contributed by atoms with Gasteiger partial charge in [0.05, 0.1) is 19.3 Å². The average molecular weight is 288 g/mol. The van der Waals surface area contributed by atoms with Crippen molar-refractivity contribution in [1.82, 2.24) is 0 Å². The van der Waals surface area contributed by atoms with Crippen molar-refractivity contribution in [2.24, 2.45) is 17.8 Å². The van der Waals surface area contributed by atoms with Crippen LogP contribution < -0.4 is 9.47 Å². The zero-order chi connectivity index (χ0) is 14.2. The Morgan fingerprint density at radius 3 is 2.71 bits per heavy atom. The molecule has 1 aliphatic heterocycles. The summed E-state index contributed by atoms with van der Waals surface area (Å²) in [6.07, 6.45) is 6.97. The Morgan fingerprint density at radius 1 is 1.10 bits per heavy atom. The van der Waals surface area contributed by atoms with E-state index in [1.807, 2.05) is 18.2 Å². The molecule has 1 N–H and O–H groups in total. The third kappa shape index (κ3) is 2.64. The highest BCUT2D eigenvalue weighted by atomic mass is 16.5. The Hall–Kier alpha value is -1.22. The second kappa shape index (κ2) is 5.53. The van der Waals surface area contributed by atoms with Gasteiger partial charge in [-0.25, -0.2) is 0 Å². The third-order valence-corrected chi connectivity index (χ3v) is 5.57.